The molecule has 15 nitrogen and oxygen atoms in total. The van der Waals surface area contributed by atoms with E-state index < -0.39 is 47.8 Å². The van der Waals surface area contributed by atoms with Crippen molar-refractivity contribution in [3.05, 3.63) is 42.0 Å². The zero-order chi connectivity index (χ0) is 31.1. The van der Waals surface area contributed by atoms with Gasteiger partial charge in [-0.2, -0.15) is 0 Å². The molecule has 0 aliphatic carbocycles. The van der Waals surface area contributed by atoms with Gasteiger partial charge in [0.05, 0.1) is 26.4 Å². The molecule has 0 saturated carbocycles. The number of carbonyl (C=O) groups is 6. The Balaban J connectivity index is 1.88. The van der Waals surface area contributed by atoms with Crippen LogP contribution in [0.4, 0.5) is 15.3 Å². The van der Waals surface area contributed by atoms with Crippen molar-refractivity contribution >= 4 is 41.4 Å². The number of anilines is 1. The minimum absolute atomic E-state index is 0.00349. The van der Waals surface area contributed by atoms with Crippen LogP contribution in [0, 0.1) is 5.92 Å². The van der Waals surface area contributed by atoms with Gasteiger partial charge in [0.1, 0.15) is 18.7 Å². The fourth-order valence-electron chi connectivity index (χ4n) is 3.78. The summed E-state index contributed by atoms with van der Waals surface area (Å²) < 4.78 is 10.4. The molecule has 1 heterocycles. The Kier molecular flexibility index (Phi) is 13.9. The van der Waals surface area contributed by atoms with Crippen LogP contribution < -0.4 is 27.0 Å². The van der Waals surface area contributed by atoms with Gasteiger partial charge in [-0.15, -0.1) is 0 Å². The summed E-state index contributed by atoms with van der Waals surface area (Å²) in [7, 11) is 0. The normalized spacial score (nSPS) is 14.0. The van der Waals surface area contributed by atoms with Gasteiger partial charge in [0.25, 0.3) is 11.8 Å². The monoisotopic (exact) mass is 590 g/mol. The molecule has 0 radical (unpaired) electrons. The van der Waals surface area contributed by atoms with Gasteiger partial charge in [-0.1, -0.05) is 26.0 Å². The highest BCUT2D eigenvalue weighted by atomic mass is 16.6. The number of imide groups is 1. The highest BCUT2D eigenvalue weighted by molar-refractivity contribution is 6.12. The number of urea groups is 1. The van der Waals surface area contributed by atoms with E-state index in [1.165, 1.54) is 12.2 Å². The summed E-state index contributed by atoms with van der Waals surface area (Å²) in [5.74, 6) is -2.35. The molecule has 7 amide bonds. The average molecular weight is 591 g/mol. The standard InChI is InChI=1S/C27H38N6O9/c1-17(2)23(32-27(40)42-15-14-41-13-12-33-21(35)9-10-22(33)36)25(38)31-20(4-3-11-29-26(28)39)24(37)30-19-7-5-18(16-34)6-8-19/h5-10,17,20,23,34H,3-4,11-16H2,1-2H3,(H,30,37)(H,31,38)(H,32,40)(H3,28,29,39)/t20-,23-/m0/s1. The molecule has 1 aromatic carbocycles. The first kappa shape index (κ1) is 33.7. The molecule has 0 unspecified atom stereocenters. The van der Waals surface area contributed by atoms with Crippen molar-refractivity contribution < 1.29 is 43.3 Å². The van der Waals surface area contributed by atoms with Crippen molar-refractivity contribution in [2.45, 2.75) is 45.4 Å². The predicted octanol–water partition coefficient (Wildman–Crippen LogP) is -0.257. The van der Waals surface area contributed by atoms with Crippen LogP contribution in [0.5, 0.6) is 0 Å². The molecule has 42 heavy (non-hydrogen) atoms. The average Bonchev–Trinajstić information content (AvgIpc) is 3.27. The number of alkyl carbamates (subject to hydrolysis) is 1. The zero-order valence-electron chi connectivity index (χ0n) is 23.6. The second-order valence-corrected chi connectivity index (χ2v) is 9.61. The molecule has 230 valence electrons. The maximum atomic E-state index is 13.1. The number of ether oxygens (including phenoxy) is 2. The van der Waals surface area contributed by atoms with Crippen molar-refractivity contribution in [1.29, 1.82) is 0 Å². The molecule has 1 aromatic rings. The van der Waals surface area contributed by atoms with E-state index in [1.807, 2.05) is 0 Å². The number of amides is 7. The minimum atomic E-state index is -1.04. The number of aliphatic hydroxyl groups is 1. The minimum Gasteiger partial charge on any atom is -0.447 e. The molecule has 0 saturated heterocycles. The smallest absolute Gasteiger partial charge is 0.407 e. The van der Waals surface area contributed by atoms with E-state index in [0.717, 1.165) is 4.90 Å². The quantitative estimate of drug-likeness (QED) is 0.104. The van der Waals surface area contributed by atoms with Gasteiger partial charge in [-0.3, -0.25) is 24.1 Å². The van der Waals surface area contributed by atoms with E-state index in [-0.39, 0.29) is 51.9 Å². The number of rotatable bonds is 17. The molecular weight excluding hydrogens is 552 g/mol. The van der Waals surface area contributed by atoms with Gasteiger partial charge in [-0.05, 0) is 36.5 Å². The molecule has 0 bridgehead atoms. The van der Waals surface area contributed by atoms with Gasteiger partial charge >= 0.3 is 12.1 Å². The first-order valence-corrected chi connectivity index (χ1v) is 13.4. The van der Waals surface area contributed by atoms with Gasteiger partial charge in [0.2, 0.25) is 11.8 Å². The van der Waals surface area contributed by atoms with Gasteiger partial charge in [0, 0.05) is 24.4 Å². The Hall–Kier alpha value is -4.50. The third-order valence-electron chi connectivity index (χ3n) is 6.05. The summed E-state index contributed by atoms with van der Waals surface area (Å²) in [6.07, 6.45) is 1.94. The maximum Gasteiger partial charge on any atom is 0.407 e. The van der Waals surface area contributed by atoms with Crippen molar-refractivity contribution in [2.75, 3.05) is 38.2 Å². The molecule has 1 aliphatic rings. The summed E-state index contributed by atoms with van der Waals surface area (Å²) in [5.41, 5.74) is 6.19. The maximum absolute atomic E-state index is 13.1. The summed E-state index contributed by atoms with van der Waals surface area (Å²) in [4.78, 5) is 73.5. The number of nitrogens with one attached hydrogen (secondary N) is 4. The van der Waals surface area contributed by atoms with Crippen LogP contribution in [0.3, 0.4) is 0 Å². The fourth-order valence-corrected chi connectivity index (χ4v) is 3.78. The lowest BCUT2D eigenvalue weighted by atomic mass is 10.0. The molecule has 0 aromatic heterocycles. The van der Waals surface area contributed by atoms with Gasteiger partial charge < -0.3 is 41.6 Å². The first-order valence-electron chi connectivity index (χ1n) is 13.4. The Morgan fingerprint density at radius 3 is 2.21 bits per heavy atom. The number of benzene rings is 1. The Labute approximate surface area is 243 Å². The largest absolute Gasteiger partial charge is 0.447 e. The predicted molar refractivity (Wildman–Crippen MR) is 150 cm³/mol. The van der Waals surface area contributed by atoms with Crippen LogP contribution in [0.15, 0.2) is 36.4 Å². The molecule has 1 aliphatic heterocycles. The lowest BCUT2D eigenvalue weighted by Gasteiger charge is -2.25. The van der Waals surface area contributed by atoms with E-state index >= 15 is 0 Å². The SMILES string of the molecule is CC(C)[C@H](NC(=O)OCCOCCN1C(=O)C=CC1=O)C(=O)N[C@@H](CCCNC(N)=O)C(=O)Nc1ccc(CO)cc1. The summed E-state index contributed by atoms with van der Waals surface area (Å²) in [6.45, 7) is 3.42. The molecule has 0 spiro atoms. The van der Waals surface area contributed by atoms with Crippen LogP contribution in [0.2, 0.25) is 0 Å². The third kappa shape index (κ3) is 11.5. The highest BCUT2D eigenvalue weighted by Crippen LogP contribution is 2.12. The zero-order valence-corrected chi connectivity index (χ0v) is 23.6. The van der Waals surface area contributed by atoms with Crippen molar-refractivity contribution in [2.24, 2.45) is 11.7 Å². The lowest BCUT2D eigenvalue weighted by Crippen LogP contribution is -2.54. The molecule has 2 atom stereocenters. The highest BCUT2D eigenvalue weighted by Gasteiger charge is 2.29. The van der Waals surface area contributed by atoms with E-state index in [2.05, 4.69) is 21.3 Å². The number of aliphatic hydroxyl groups excluding tert-OH is 1. The Morgan fingerprint density at radius 1 is 0.952 bits per heavy atom. The van der Waals surface area contributed by atoms with Crippen molar-refractivity contribution in [1.82, 2.24) is 20.9 Å². The summed E-state index contributed by atoms with van der Waals surface area (Å²) >= 11 is 0. The molecule has 0 fully saturated rings. The van der Waals surface area contributed by atoms with Crippen molar-refractivity contribution in [3.63, 3.8) is 0 Å². The van der Waals surface area contributed by atoms with Crippen LogP contribution in [0.1, 0.15) is 32.3 Å². The van der Waals surface area contributed by atoms with E-state index in [1.54, 1.807) is 38.1 Å². The Bertz CT molecular complexity index is 1120. The number of hydrogen-bond donors (Lipinski definition) is 6. The molecular formula is C27H38N6O9. The van der Waals surface area contributed by atoms with E-state index in [0.29, 0.717) is 17.7 Å². The number of nitrogens with two attached hydrogens (primary N) is 1. The molecule has 7 N–H and O–H groups in total. The molecule has 2 rings (SSSR count). The summed E-state index contributed by atoms with van der Waals surface area (Å²) in [5, 5.41) is 19.5. The van der Waals surface area contributed by atoms with Crippen LogP contribution >= 0.6 is 0 Å². The number of hydrogen-bond acceptors (Lipinski definition) is 9. The van der Waals surface area contributed by atoms with Crippen LogP contribution in [0.25, 0.3) is 0 Å². The number of nitrogens with zero attached hydrogens (tertiary/aromatic N) is 1. The van der Waals surface area contributed by atoms with Crippen LogP contribution in [-0.2, 0) is 35.3 Å². The first-order chi connectivity index (χ1) is 20.0. The Morgan fingerprint density at radius 2 is 1.62 bits per heavy atom. The summed E-state index contributed by atoms with van der Waals surface area (Å²) in [6, 6.07) is 3.73. The molecule has 15 heteroatoms. The number of primary amides is 1. The van der Waals surface area contributed by atoms with E-state index in [4.69, 9.17) is 15.2 Å². The van der Waals surface area contributed by atoms with Gasteiger partial charge in [0.15, 0.2) is 0 Å². The second-order valence-electron chi connectivity index (χ2n) is 9.61. The van der Waals surface area contributed by atoms with Crippen LogP contribution in [-0.4, -0.2) is 90.8 Å². The van der Waals surface area contributed by atoms with Gasteiger partial charge in [-0.25, -0.2) is 9.59 Å². The third-order valence-corrected chi connectivity index (χ3v) is 6.05. The number of carbonyl (C=O) groups excluding carboxylic acids is 6. The van der Waals surface area contributed by atoms with E-state index in [9.17, 15) is 33.9 Å². The topological polar surface area (TPSA) is 218 Å². The second kappa shape index (κ2) is 17.3. The lowest BCUT2D eigenvalue weighted by molar-refractivity contribution is -0.137. The fraction of sp³-hybridized carbons (Fsp3) is 0.481. The van der Waals surface area contributed by atoms with Crippen molar-refractivity contribution in [3.8, 4) is 0 Å².